The predicted molar refractivity (Wildman–Crippen MR) is 126 cm³/mol. The van der Waals surface area contributed by atoms with E-state index < -0.39 is 10.0 Å². The number of nitrogens with one attached hydrogen (secondary N) is 1. The van der Waals surface area contributed by atoms with E-state index in [1.165, 1.54) is 49.6 Å². The van der Waals surface area contributed by atoms with Crippen molar-refractivity contribution in [1.29, 1.82) is 0 Å². The van der Waals surface area contributed by atoms with Crippen LogP contribution in [0.3, 0.4) is 0 Å². The molecule has 0 aliphatic heterocycles. The second-order valence-corrected chi connectivity index (χ2v) is 12.4. The Morgan fingerprint density at radius 1 is 0.938 bits per heavy atom. The van der Waals surface area contributed by atoms with Crippen LogP contribution in [0.15, 0.2) is 53.4 Å². The van der Waals surface area contributed by atoms with Gasteiger partial charge in [-0.1, -0.05) is 41.4 Å². The molecule has 2 aromatic carbocycles. The number of anilines is 1. The minimum Gasteiger partial charge on any atom is -0.349 e. The van der Waals surface area contributed by atoms with Crippen LogP contribution in [0.2, 0.25) is 10.0 Å². The van der Waals surface area contributed by atoms with Crippen LogP contribution in [-0.4, -0.2) is 26.4 Å². The molecule has 1 N–H and O–H groups in total. The quantitative estimate of drug-likeness (QED) is 0.596. The molecule has 8 heteroatoms. The number of nitrogens with zero attached hydrogens (tertiary/aromatic N) is 1. The molecule has 4 fully saturated rings. The number of benzene rings is 2. The monoisotopic (exact) mass is 492 g/mol. The number of hydrogen-bond acceptors (Lipinski definition) is 3. The number of carbonyl (C=O) groups is 1. The Labute approximate surface area is 199 Å². The second kappa shape index (κ2) is 8.23. The lowest BCUT2D eigenvalue weighted by Gasteiger charge is -2.57. The third kappa shape index (κ3) is 4.25. The molecule has 0 radical (unpaired) electrons. The van der Waals surface area contributed by atoms with Crippen LogP contribution >= 0.6 is 23.2 Å². The van der Waals surface area contributed by atoms with E-state index in [2.05, 4.69) is 5.32 Å². The summed E-state index contributed by atoms with van der Waals surface area (Å²) in [7, 11) is -3.99. The fourth-order valence-electron chi connectivity index (χ4n) is 6.45. The molecular formula is C24H26Cl2N2O3S. The normalized spacial score (nSPS) is 28.5. The Morgan fingerprint density at radius 3 is 2.00 bits per heavy atom. The highest BCUT2D eigenvalue weighted by Gasteiger charge is 2.51. The average molecular weight is 493 g/mol. The van der Waals surface area contributed by atoms with Crippen molar-refractivity contribution < 1.29 is 13.2 Å². The molecule has 4 saturated carbocycles. The van der Waals surface area contributed by atoms with Gasteiger partial charge in [0, 0.05) is 15.6 Å². The Hall–Kier alpha value is -1.76. The summed E-state index contributed by atoms with van der Waals surface area (Å²) in [5.41, 5.74) is 0.0759. The molecule has 4 bridgehead atoms. The lowest BCUT2D eigenvalue weighted by molar-refractivity contribution is -0.125. The number of amides is 1. The standard InChI is InChI=1S/C24H26Cl2N2O3S/c25-19-9-20(26)11-21(10-19)28(32(30,31)22-4-2-1-3-5-22)15-23(29)27-24-12-16-6-17(13-24)8-18(7-16)14-24/h1-5,9-11,16-18H,6-8,12-15H2,(H,27,29). The minimum atomic E-state index is -3.99. The van der Waals surface area contributed by atoms with E-state index in [1.807, 2.05) is 0 Å². The second-order valence-electron chi connectivity index (χ2n) is 9.70. The van der Waals surface area contributed by atoms with Gasteiger partial charge in [0.1, 0.15) is 6.54 Å². The summed E-state index contributed by atoms with van der Waals surface area (Å²) in [6.07, 6.45) is 6.80. The number of sulfonamides is 1. The van der Waals surface area contributed by atoms with Crippen LogP contribution < -0.4 is 9.62 Å². The summed E-state index contributed by atoms with van der Waals surface area (Å²) in [5.74, 6) is 1.75. The van der Waals surface area contributed by atoms with Gasteiger partial charge in [0.2, 0.25) is 5.91 Å². The fraction of sp³-hybridized carbons (Fsp3) is 0.458. The summed E-state index contributed by atoms with van der Waals surface area (Å²) in [5, 5.41) is 3.88. The molecule has 0 atom stereocenters. The first-order valence-electron chi connectivity index (χ1n) is 11.1. The number of rotatable bonds is 6. The van der Waals surface area contributed by atoms with Gasteiger partial charge in [0.25, 0.3) is 10.0 Å². The van der Waals surface area contributed by atoms with E-state index >= 15 is 0 Å². The molecule has 32 heavy (non-hydrogen) atoms. The van der Waals surface area contributed by atoms with Gasteiger partial charge in [-0.2, -0.15) is 0 Å². The summed E-state index contributed by atoms with van der Waals surface area (Å²) in [6.45, 7) is -0.324. The van der Waals surface area contributed by atoms with Gasteiger partial charge in [-0.3, -0.25) is 9.10 Å². The first kappa shape index (κ1) is 22.1. The largest absolute Gasteiger partial charge is 0.349 e. The molecule has 0 aromatic heterocycles. The average Bonchev–Trinajstić information content (AvgIpc) is 2.70. The van der Waals surface area contributed by atoms with E-state index in [0.717, 1.165) is 23.6 Å². The van der Waals surface area contributed by atoms with Gasteiger partial charge in [0.05, 0.1) is 10.6 Å². The summed E-state index contributed by atoms with van der Waals surface area (Å²) >= 11 is 12.3. The van der Waals surface area contributed by atoms with Crippen LogP contribution in [0.1, 0.15) is 38.5 Å². The molecule has 0 unspecified atom stereocenters. The van der Waals surface area contributed by atoms with Crippen molar-refractivity contribution in [3.8, 4) is 0 Å². The molecule has 0 heterocycles. The topological polar surface area (TPSA) is 66.5 Å². The Morgan fingerprint density at radius 2 is 1.47 bits per heavy atom. The zero-order chi connectivity index (χ0) is 22.5. The summed E-state index contributed by atoms with van der Waals surface area (Å²) < 4.78 is 28.1. The molecular weight excluding hydrogens is 467 g/mol. The highest BCUT2D eigenvalue weighted by molar-refractivity contribution is 7.92. The van der Waals surface area contributed by atoms with Crippen LogP contribution in [0.25, 0.3) is 0 Å². The van der Waals surface area contributed by atoms with Gasteiger partial charge in [-0.05, 0) is 86.6 Å². The molecule has 2 aromatic rings. The van der Waals surface area contributed by atoms with E-state index in [4.69, 9.17) is 23.2 Å². The first-order chi connectivity index (χ1) is 15.2. The zero-order valence-electron chi connectivity index (χ0n) is 17.6. The molecule has 1 amide bonds. The van der Waals surface area contributed by atoms with Gasteiger partial charge in [0.15, 0.2) is 0 Å². The van der Waals surface area contributed by atoms with Crippen molar-refractivity contribution in [2.75, 3.05) is 10.8 Å². The summed E-state index contributed by atoms with van der Waals surface area (Å²) in [4.78, 5) is 13.4. The number of halogens is 2. The minimum absolute atomic E-state index is 0.110. The van der Waals surface area contributed by atoms with E-state index in [-0.39, 0.29) is 28.6 Å². The van der Waals surface area contributed by atoms with E-state index in [0.29, 0.717) is 27.8 Å². The van der Waals surface area contributed by atoms with Crippen LogP contribution in [-0.2, 0) is 14.8 Å². The maximum absolute atomic E-state index is 13.5. The Kier molecular flexibility index (Phi) is 5.67. The maximum Gasteiger partial charge on any atom is 0.264 e. The molecule has 6 rings (SSSR count). The van der Waals surface area contributed by atoms with Gasteiger partial charge >= 0.3 is 0 Å². The summed E-state index contributed by atoms with van der Waals surface area (Å²) in [6, 6.07) is 12.7. The fourth-order valence-corrected chi connectivity index (χ4v) is 8.39. The highest BCUT2D eigenvalue weighted by atomic mass is 35.5. The maximum atomic E-state index is 13.5. The van der Waals surface area contributed by atoms with Gasteiger partial charge in [-0.25, -0.2) is 8.42 Å². The lowest BCUT2D eigenvalue weighted by atomic mass is 9.53. The third-order valence-electron chi connectivity index (χ3n) is 7.20. The smallest absolute Gasteiger partial charge is 0.264 e. The van der Waals surface area contributed by atoms with Crippen molar-refractivity contribution in [3.05, 3.63) is 58.6 Å². The zero-order valence-corrected chi connectivity index (χ0v) is 20.0. The van der Waals surface area contributed by atoms with Crippen molar-refractivity contribution in [3.63, 3.8) is 0 Å². The first-order valence-corrected chi connectivity index (χ1v) is 13.3. The molecule has 4 aliphatic carbocycles. The van der Waals surface area contributed by atoms with Crippen LogP contribution in [0.4, 0.5) is 5.69 Å². The molecule has 0 saturated heterocycles. The molecule has 5 nitrogen and oxygen atoms in total. The van der Waals surface area contributed by atoms with Gasteiger partial charge < -0.3 is 5.32 Å². The van der Waals surface area contributed by atoms with Crippen molar-refractivity contribution in [1.82, 2.24) is 5.32 Å². The highest BCUT2D eigenvalue weighted by Crippen LogP contribution is 2.55. The third-order valence-corrected chi connectivity index (χ3v) is 9.42. The van der Waals surface area contributed by atoms with E-state index in [9.17, 15) is 13.2 Å². The van der Waals surface area contributed by atoms with Gasteiger partial charge in [-0.15, -0.1) is 0 Å². The SMILES string of the molecule is O=C(CN(c1cc(Cl)cc(Cl)c1)S(=O)(=O)c1ccccc1)NC12CC3CC(CC(C3)C1)C2. The lowest BCUT2D eigenvalue weighted by Crippen LogP contribution is -2.61. The van der Waals surface area contributed by atoms with Crippen molar-refractivity contribution in [2.45, 2.75) is 49.0 Å². The van der Waals surface area contributed by atoms with E-state index in [1.54, 1.807) is 18.2 Å². The predicted octanol–water partition coefficient (Wildman–Crippen LogP) is 5.27. The Balaban J connectivity index is 1.44. The Bertz CT molecular complexity index is 1080. The molecule has 0 spiro atoms. The number of carbonyl (C=O) groups excluding carboxylic acids is 1. The van der Waals surface area contributed by atoms with Crippen LogP contribution in [0, 0.1) is 17.8 Å². The van der Waals surface area contributed by atoms with Crippen molar-refractivity contribution >= 4 is 44.8 Å². The molecule has 170 valence electrons. The number of hydrogen-bond donors (Lipinski definition) is 1. The molecule has 4 aliphatic rings. The van der Waals surface area contributed by atoms with Crippen LogP contribution in [0.5, 0.6) is 0 Å². The van der Waals surface area contributed by atoms with Crippen molar-refractivity contribution in [2.24, 2.45) is 17.8 Å².